The molecule has 0 heterocycles. The summed E-state index contributed by atoms with van der Waals surface area (Å²) in [5.74, 6) is 1.32. The number of carbonyl (C=O) groups excluding carboxylic acids is 2. The van der Waals surface area contributed by atoms with Crippen molar-refractivity contribution < 1.29 is 23.8 Å². The Morgan fingerprint density at radius 1 is 0.829 bits per heavy atom. The molecule has 2 amide bonds. The summed E-state index contributed by atoms with van der Waals surface area (Å²) in [6.07, 6.45) is 0. The van der Waals surface area contributed by atoms with Gasteiger partial charge in [0, 0.05) is 17.8 Å². The van der Waals surface area contributed by atoms with E-state index in [2.05, 4.69) is 31.4 Å². The summed E-state index contributed by atoms with van der Waals surface area (Å²) in [4.78, 5) is 24.7. The monoisotopic (exact) mass is 476 g/mol. The van der Waals surface area contributed by atoms with Gasteiger partial charge in [-0.15, -0.1) is 0 Å². The van der Waals surface area contributed by atoms with Gasteiger partial charge in [0.25, 0.3) is 11.8 Å². The molecular formula is C28H32N2O5. The van der Waals surface area contributed by atoms with Crippen LogP contribution in [0.5, 0.6) is 17.2 Å². The second kappa shape index (κ2) is 11.4. The molecule has 0 unspecified atom stereocenters. The Kier molecular flexibility index (Phi) is 8.36. The Morgan fingerprint density at radius 3 is 2.09 bits per heavy atom. The number of benzene rings is 3. The van der Waals surface area contributed by atoms with Crippen LogP contribution in [0.2, 0.25) is 0 Å². The van der Waals surface area contributed by atoms with Crippen molar-refractivity contribution in [1.82, 2.24) is 5.32 Å². The molecule has 7 heteroatoms. The lowest BCUT2D eigenvalue weighted by Crippen LogP contribution is -2.28. The number of hydrogen-bond acceptors (Lipinski definition) is 5. The van der Waals surface area contributed by atoms with Gasteiger partial charge in [0.2, 0.25) is 0 Å². The quantitative estimate of drug-likeness (QED) is 0.457. The Bertz CT molecular complexity index is 1150. The summed E-state index contributed by atoms with van der Waals surface area (Å²) in [5.41, 5.74) is 3.31. The second-order valence-electron chi connectivity index (χ2n) is 9.06. The summed E-state index contributed by atoms with van der Waals surface area (Å²) in [7, 11) is 3.14. The summed E-state index contributed by atoms with van der Waals surface area (Å²) < 4.78 is 16.0. The van der Waals surface area contributed by atoms with Gasteiger partial charge in [0.15, 0.2) is 18.1 Å². The summed E-state index contributed by atoms with van der Waals surface area (Å²) in [6, 6.07) is 19.9. The summed E-state index contributed by atoms with van der Waals surface area (Å²) in [6.45, 7) is 6.61. The molecule has 0 aromatic heterocycles. The van der Waals surface area contributed by atoms with Crippen molar-refractivity contribution in [3.05, 3.63) is 83.4 Å². The fraction of sp³-hybridized carbons (Fsp3) is 0.286. The number of anilines is 1. The van der Waals surface area contributed by atoms with E-state index >= 15 is 0 Å². The van der Waals surface area contributed by atoms with Gasteiger partial charge in [-0.05, 0) is 65.1 Å². The van der Waals surface area contributed by atoms with Crippen molar-refractivity contribution in [2.24, 2.45) is 0 Å². The molecule has 0 bridgehead atoms. The van der Waals surface area contributed by atoms with E-state index in [0.29, 0.717) is 35.0 Å². The van der Waals surface area contributed by atoms with Crippen molar-refractivity contribution in [3.8, 4) is 17.2 Å². The number of ether oxygens (including phenoxy) is 3. The van der Waals surface area contributed by atoms with Gasteiger partial charge in [-0.25, -0.2) is 0 Å². The van der Waals surface area contributed by atoms with Crippen LogP contribution in [-0.4, -0.2) is 32.6 Å². The highest BCUT2D eigenvalue weighted by Crippen LogP contribution is 2.27. The maximum atomic E-state index is 12.5. The van der Waals surface area contributed by atoms with Crippen LogP contribution >= 0.6 is 0 Å². The standard InChI is InChI=1S/C28H32N2O5/c1-28(2,3)21-9-7-20(8-10-21)27(32)30-22-11-13-23(14-12-22)35-18-26(31)29-17-19-6-15-24(33-4)25(16-19)34-5/h6-16H,17-18H2,1-5H3,(H,29,31)(H,30,32). The molecular weight excluding hydrogens is 444 g/mol. The van der Waals surface area contributed by atoms with E-state index in [4.69, 9.17) is 14.2 Å². The van der Waals surface area contributed by atoms with Gasteiger partial charge in [-0.3, -0.25) is 9.59 Å². The lowest BCUT2D eigenvalue weighted by atomic mass is 9.87. The predicted molar refractivity (Wildman–Crippen MR) is 136 cm³/mol. The Hall–Kier alpha value is -4.00. The van der Waals surface area contributed by atoms with Gasteiger partial charge < -0.3 is 24.8 Å². The number of hydrogen-bond donors (Lipinski definition) is 2. The molecule has 0 spiro atoms. The van der Waals surface area contributed by atoms with E-state index in [1.165, 1.54) is 5.56 Å². The summed E-state index contributed by atoms with van der Waals surface area (Å²) in [5, 5.41) is 5.68. The molecule has 3 aromatic carbocycles. The third-order valence-corrected chi connectivity index (χ3v) is 5.43. The van der Waals surface area contributed by atoms with Crippen LogP contribution in [0.1, 0.15) is 42.3 Å². The maximum absolute atomic E-state index is 12.5. The fourth-order valence-electron chi connectivity index (χ4n) is 3.35. The molecule has 35 heavy (non-hydrogen) atoms. The van der Waals surface area contributed by atoms with Crippen LogP contribution in [0, 0.1) is 0 Å². The third-order valence-electron chi connectivity index (χ3n) is 5.43. The SMILES string of the molecule is COc1ccc(CNC(=O)COc2ccc(NC(=O)c3ccc(C(C)(C)C)cc3)cc2)cc1OC. The molecule has 0 fully saturated rings. The lowest BCUT2D eigenvalue weighted by Gasteiger charge is -2.19. The van der Waals surface area contributed by atoms with Crippen LogP contribution < -0.4 is 24.8 Å². The van der Waals surface area contributed by atoms with Crippen molar-refractivity contribution in [2.45, 2.75) is 32.7 Å². The first-order chi connectivity index (χ1) is 16.7. The maximum Gasteiger partial charge on any atom is 0.258 e. The first kappa shape index (κ1) is 25.6. The molecule has 2 N–H and O–H groups in total. The molecule has 0 aliphatic heterocycles. The van der Waals surface area contributed by atoms with Crippen molar-refractivity contribution >= 4 is 17.5 Å². The van der Waals surface area contributed by atoms with Crippen LogP contribution in [-0.2, 0) is 16.8 Å². The Morgan fingerprint density at radius 2 is 1.49 bits per heavy atom. The smallest absolute Gasteiger partial charge is 0.258 e. The van der Waals surface area contributed by atoms with E-state index in [1.54, 1.807) is 44.6 Å². The van der Waals surface area contributed by atoms with Crippen molar-refractivity contribution in [1.29, 1.82) is 0 Å². The molecule has 3 aromatic rings. The van der Waals surface area contributed by atoms with E-state index in [1.807, 2.05) is 36.4 Å². The van der Waals surface area contributed by atoms with E-state index < -0.39 is 0 Å². The lowest BCUT2D eigenvalue weighted by molar-refractivity contribution is -0.123. The number of amides is 2. The van der Waals surface area contributed by atoms with Gasteiger partial charge in [0.05, 0.1) is 14.2 Å². The van der Waals surface area contributed by atoms with Gasteiger partial charge in [-0.1, -0.05) is 39.0 Å². The largest absolute Gasteiger partial charge is 0.493 e. The minimum atomic E-state index is -0.254. The highest BCUT2D eigenvalue weighted by Gasteiger charge is 2.14. The Labute approximate surface area is 206 Å². The molecule has 3 rings (SSSR count). The Balaban J connectivity index is 1.47. The zero-order valence-corrected chi connectivity index (χ0v) is 20.8. The number of rotatable bonds is 9. The first-order valence-corrected chi connectivity index (χ1v) is 11.3. The first-order valence-electron chi connectivity index (χ1n) is 11.3. The number of methoxy groups -OCH3 is 2. The predicted octanol–water partition coefficient (Wildman–Crippen LogP) is 4.95. The zero-order valence-electron chi connectivity index (χ0n) is 20.8. The fourth-order valence-corrected chi connectivity index (χ4v) is 3.35. The topological polar surface area (TPSA) is 85.9 Å². The van der Waals surface area contributed by atoms with E-state index in [9.17, 15) is 9.59 Å². The molecule has 7 nitrogen and oxygen atoms in total. The molecule has 0 saturated heterocycles. The number of nitrogens with one attached hydrogen (secondary N) is 2. The van der Waals surface area contributed by atoms with Gasteiger partial charge >= 0.3 is 0 Å². The average Bonchev–Trinajstić information content (AvgIpc) is 2.86. The van der Waals surface area contributed by atoms with E-state index in [-0.39, 0.29) is 23.8 Å². The molecule has 0 radical (unpaired) electrons. The van der Waals surface area contributed by atoms with E-state index in [0.717, 1.165) is 5.56 Å². The third kappa shape index (κ3) is 7.24. The minimum Gasteiger partial charge on any atom is -0.493 e. The van der Waals surface area contributed by atoms with Gasteiger partial charge in [0.1, 0.15) is 5.75 Å². The molecule has 0 atom stereocenters. The molecule has 0 saturated carbocycles. The minimum absolute atomic E-state index is 0.0327. The van der Waals surface area contributed by atoms with Crippen LogP contribution in [0.4, 0.5) is 5.69 Å². The van der Waals surface area contributed by atoms with Crippen LogP contribution in [0.25, 0.3) is 0 Å². The van der Waals surface area contributed by atoms with Gasteiger partial charge in [-0.2, -0.15) is 0 Å². The highest BCUT2D eigenvalue weighted by molar-refractivity contribution is 6.04. The molecule has 0 aliphatic rings. The molecule has 184 valence electrons. The highest BCUT2D eigenvalue weighted by atomic mass is 16.5. The average molecular weight is 477 g/mol. The zero-order chi connectivity index (χ0) is 25.4. The second-order valence-corrected chi connectivity index (χ2v) is 9.06. The van der Waals surface area contributed by atoms with Crippen LogP contribution in [0.3, 0.4) is 0 Å². The normalized spacial score (nSPS) is 10.9. The number of carbonyl (C=O) groups is 2. The van der Waals surface area contributed by atoms with Crippen molar-refractivity contribution in [2.75, 3.05) is 26.1 Å². The van der Waals surface area contributed by atoms with Crippen molar-refractivity contribution in [3.63, 3.8) is 0 Å². The molecule has 0 aliphatic carbocycles. The summed E-state index contributed by atoms with van der Waals surface area (Å²) >= 11 is 0. The van der Waals surface area contributed by atoms with Crippen LogP contribution in [0.15, 0.2) is 66.7 Å².